The van der Waals surface area contributed by atoms with E-state index < -0.39 is 5.91 Å². The molecule has 0 atom stereocenters. The van der Waals surface area contributed by atoms with E-state index in [1.165, 1.54) is 12.8 Å². The fourth-order valence-corrected chi connectivity index (χ4v) is 4.15. The molecule has 110 valence electrons. The zero-order valence-electron chi connectivity index (χ0n) is 12.2. The Bertz CT molecular complexity index is 712. The van der Waals surface area contributed by atoms with Crippen molar-refractivity contribution in [2.45, 2.75) is 31.2 Å². The molecule has 5 nitrogen and oxygen atoms in total. The molecule has 1 saturated carbocycles. The maximum absolute atomic E-state index is 11.6. The standard InChI is InChI=1S/C16H20N4O/c1-20-9-10-5-7-16(20,8-6-10)15-18-12-4-2-3-11(14(17)21)13(12)19-15/h2-4,10H,5-9H2,1H3,(H2,17,21)(H,18,19). The maximum atomic E-state index is 11.6. The Morgan fingerprint density at radius 3 is 2.86 bits per heavy atom. The first-order valence-corrected chi connectivity index (χ1v) is 7.60. The fourth-order valence-electron chi connectivity index (χ4n) is 4.15. The maximum Gasteiger partial charge on any atom is 0.250 e. The van der Waals surface area contributed by atoms with Gasteiger partial charge in [-0.1, -0.05) is 6.07 Å². The number of nitrogens with zero attached hydrogens (tertiary/aromatic N) is 2. The van der Waals surface area contributed by atoms with Gasteiger partial charge in [0.1, 0.15) is 11.3 Å². The summed E-state index contributed by atoms with van der Waals surface area (Å²) in [5.41, 5.74) is 7.57. The molecule has 1 aromatic carbocycles. The number of carbonyl (C=O) groups excluding carboxylic acids is 1. The monoisotopic (exact) mass is 284 g/mol. The van der Waals surface area contributed by atoms with Crippen LogP contribution in [-0.2, 0) is 5.54 Å². The number of aromatic nitrogens is 2. The third kappa shape index (κ3) is 1.73. The van der Waals surface area contributed by atoms with E-state index in [2.05, 4.69) is 16.9 Å². The van der Waals surface area contributed by atoms with Crippen LogP contribution in [0.25, 0.3) is 11.0 Å². The predicted molar refractivity (Wildman–Crippen MR) is 80.9 cm³/mol. The normalized spacial score (nSPS) is 29.1. The number of rotatable bonds is 2. The average Bonchev–Trinajstić information content (AvgIpc) is 2.92. The number of nitrogens with two attached hydrogens (primary N) is 1. The van der Waals surface area contributed by atoms with E-state index in [1.807, 2.05) is 12.1 Å². The van der Waals surface area contributed by atoms with Gasteiger partial charge in [0.25, 0.3) is 5.91 Å². The minimum atomic E-state index is -0.420. The molecule has 1 aliphatic carbocycles. The predicted octanol–water partition coefficient (Wildman–Crippen LogP) is 1.99. The Morgan fingerprint density at radius 2 is 2.19 bits per heavy atom. The Hall–Kier alpha value is -1.88. The van der Waals surface area contributed by atoms with Crippen LogP contribution in [0.3, 0.4) is 0 Å². The van der Waals surface area contributed by atoms with Crippen molar-refractivity contribution in [1.82, 2.24) is 14.9 Å². The molecular formula is C16H20N4O. The number of fused-ring (bicyclic) bond motifs is 4. The van der Waals surface area contributed by atoms with Crippen LogP contribution in [0.4, 0.5) is 0 Å². The van der Waals surface area contributed by atoms with Gasteiger partial charge in [0.05, 0.1) is 16.6 Å². The molecule has 3 aliphatic rings. The van der Waals surface area contributed by atoms with Crippen molar-refractivity contribution in [3.63, 3.8) is 0 Å². The Labute approximate surface area is 123 Å². The molecule has 2 aliphatic heterocycles. The van der Waals surface area contributed by atoms with Crippen molar-refractivity contribution in [2.75, 3.05) is 13.6 Å². The molecule has 3 fully saturated rings. The minimum Gasteiger partial charge on any atom is -0.366 e. The van der Waals surface area contributed by atoms with Crippen LogP contribution < -0.4 is 5.73 Å². The van der Waals surface area contributed by atoms with Gasteiger partial charge in [-0.15, -0.1) is 0 Å². The number of H-pyrrole nitrogens is 1. The molecule has 0 radical (unpaired) electrons. The summed E-state index contributed by atoms with van der Waals surface area (Å²) in [6.07, 6.45) is 4.81. The number of hydrogen-bond acceptors (Lipinski definition) is 3. The summed E-state index contributed by atoms with van der Waals surface area (Å²) in [7, 11) is 2.19. The van der Waals surface area contributed by atoms with E-state index in [4.69, 9.17) is 10.7 Å². The quantitative estimate of drug-likeness (QED) is 0.885. The van der Waals surface area contributed by atoms with E-state index >= 15 is 0 Å². The second-order valence-corrected chi connectivity index (χ2v) is 6.51. The van der Waals surface area contributed by atoms with Crippen molar-refractivity contribution in [2.24, 2.45) is 11.7 Å². The van der Waals surface area contributed by atoms with Crippen LogP contribution in [0.15, 0.2) is 18.2 Å². The smallest absolute Gasteiger partial charge is 0.250 e. The van der Waals surface area contributed by atoms with Gasteiger partial charge < -0.3 is 10.7 Å². The fraction of sp³-hybridized carbons (Fsp3) is 0.500. The summed E-state index contributed by atoms with van der Waals surface area (Å²) in [4.78, 5) is 22.2. The van der Waals surface area contributed by atoms with Crippen LogP contribution in [-0.4, -0.2) is 34.4 Å². The minimum absolute atomic E-state index is 0.00266. The number of benzene rings is 1. The number of para-hydroxylation sites is 1. The van der Waals surface area contributed by atoms with E-state index in [0.717, 1.165) is 36.6 Å². The summed E-state index contributed by atoms with van der Waals surface area (Å²) in [6, 6.07) is 5.56. The summed E-state index contributed by atoms with van der Waals surface area (Å²) in [5, 5.41) is 0. The van der Waals surface area contributed by atoms with Gasteiger partial charge in [0.2, 0.25) is 0 Å². The largest absolute Gasteiger partial charge is 0.366 e. The topological polar surface area (TPSA) is 75.0 Å². The van der Waals surface area contributed by atoms with Gasteiger partial charge >= 0.3 is 0 Å². The first-order chi connectivity index (χ1) is 10.1. The van der Waals surface area contributed by atoms with Gasteiger partial charge in [0.15, 0.2) is 0 Å². The molecular weight excluding hydrogens is 264 g/mol. The van der Waals surface area contributed by atoms with Crippen LogP contribution in [0, 0.1) is 5.92 Å². The molecule has 5 rings (SSSR count). The third-order valence-electron chi connectivity index (χ3n) is 5.41. The van der Waals surface area contributed by atoms with E-state index in [1.54, 1.807) is 6.07 Å². The highest BCUT2D eigenvalue weighted by Crippen LogP contribution is 2.48. The van der Waals surface area contributed by atoms with Crippen LogP contribution in [0.2, 0.25) is 0 Å². The SMILES string of the molecule is CN1CC2CCC1(c1nc3c(C(N)=O)cccc3[nH]1)CC2. The average molecular weight is 284 g/mol. The lowest BCUT2D eigenvalue weighted by molar-refractivity contribution is -0.0247. The lowest BCUT2D eigenvalue weighted by atomic mass is 9.70. The van der Waals surface area contributed by atoms with Crippen LogP contribution in [0.1, 0.15) is 41.9 Å². The molecule has 5 heteroatoms. The molecule has 2 aromatic rings. The van der Waals surface area contributed by atoms with Crippen LogP contribution in [0.5, 0.6) is 0 Å². The Kier molecular flexibility index (Phi) is 2.63. The summed E-state index contributed by atoms with van der Waals surface area (Å²) >= 11 is 0. The van der Waals surface area contributed by atoms with E-state index in [0.29, 0.717) is 11.1 Å². The zero-order chi connectivity index (χ0) is 14.6. The first-order valence-electron chi connectivity index (χ1n) is 7.60. The van der Waals surface area contributed by atoms with Gasteiger partial charge in [-0.2, -0.15) is 0 Å². The number of imidazole rings is 1. The Balaban J connectivity index is 1.87. The van der Waals surface area contributed by atoms with Crippen molar-refractivity contribution < 1.29 is 4.79 Å². The van der Waals surface area contributed by atoms with Gasteiger partial charge in [-0.25, -0.2) is 4.98 Å². The van der Waals surface area contributed by atoms with Gasteiger partial charge in [-0.05, 0) is 50.8 Å². The van der Waals surface area contributed by atoms with Gasteiger partial charge in [-0.3, -0.25) is 9.69 Å². The molecule has 0 spiro atoms. The van der Waals surface area contributed by atoms with Crippen molar-refractivity contribution in [3.8, 4) is 0 Å². The summed E-state index contributed by atoms with van der Waals surface area (Å²) in [6.45, 7) is 1.14. The summed E-state index contributed by atoms with van der Waals surface area (Å²) < 4.78 is 0. The number of aromatic amines is 1. The molecule has 1 aromatic heterocycles. The molecule has 2 saturated heterocycles. The second-order valence-electron chi connectivity index (χ2n) is 6.51. The first kappa shape index (κ1) is 12.8. The number of primary amides is 1. The molecule has 0 unspecified atom stereocenters. The van der Waals surface area contributed by atoms with Crippen molar-refractivity contribution in [1.29, 1.82) is 0 Å². The number of piperidine rings is 2. The molecule has 3 heterocycles. The lowest BCUT2D eigenvalue weighted by Gasteiger charge is -2.52. The van der Waals surface area contributed by atoms with Crippen molar-refractivity contribution in [3.05, 3.63) is 29.6 Å². The van der Waals surface area contributed by atoms with Crippen LogP contribution >= 0.6 is 0 Å². The zero-order valence-corrected chi connectivity index (χ0v) is 12.2. The third-order valence-corrected chi connectivity index (χ3v) is 5.41. The number of carbonyl (C=O) groups is 1. The molecule has 1 amide bonds. The molecule has 21 heavy (non-hydrogen) atoms. The summed E-state index contributed by atoms with van der Waals surface area (Å²) in [5.74, 6) is 1.41. The second kappa shape index (κ2) is 4.31. The van der Waals surface area contributed by atoms with E-state index in [-0.39, 0.29) is 5.54 Å². The van der Waals surface area contributed by atoms with Crippen molar-refractivity contribution >= 4 is 16.9 Å². The number of hydrogen-bond donors (Lipinski definition) is 2. The van der Waals surface area contributed by atoms with Gasteiger partial charge in [0, 0.05) is 6.54 Å². The number of nitrogens with one attached hydrogen (secondary N) is 1. The molecule has 3 N–H and O–H groups in total. The van der Waals surface area contributed by atoms with E-state index in [9.17, 15) is 4.79 Å². The lowest BCUT2D eigenvalue weighted by Crippen LogP contribution is -2.54. The highest BCUT2D eigenvalue weighted by Gasteiger charge is 2.47. The Morgan fingerprint density at radius 1 is 1.43 bits per heavy atom. The highest BCUT2D eigenvalue weighted by molar-refractivity contribution is 6.04. The highest BCUT2D eigenvalue weighted by atomic mass is 16.1. The number of amides is 1. The molecule has 2 bridgehead atoms.